The van der Waals surface area contributed by atoms with Gasteiger partial charge < -0.3 is 10.2 Å². The monoisotopic (exact) mass is 441 g/mol. The summed E-state index contributed by atoms with van der Waals surface area (Å²) in [6.07, 6.45) is -2.83. The number of carbonyl (C=O) groups is 1. The van der Waals surface area contributed by atoms with E-state index in [1.54, 1.807) is 29.2 Å². The van der Waals surface area contributed by atoms with E-state index in [1.807, 2.05) is 0 Å². The fraction of sp³-hybridized carbons (Fsp3) is 0.350. The van der Waals surface area contributed by atoms with E-state index in [1.165, 1.54) is 16.4 Å². The molecule has 30 heavy (non-hydrogen) atoms. The van der Waals surface area contributed by atoms with E-state index in [4.69, 9.17) is 0 Å². The van der Waals surface area contributed by atoms with Crippen LogP contribution in [-0.4, -0.2) is 56.0 Å². The van der Waals surface area contributed by atoms with Gasteiger partial charge in [-0.25, -0.2) is 12.7 Å². The van der Waals surface area contributed by atoms with Gasteiger partial charge in [0.25, 0.3) is 5.91 Å². The van der Waals surface area contributed by atoms with Gasteiger partial charge in [-0.3, -0.25) is 4.79 Å². The van der Waals surface area contributed by atoms with Crippen LogP contribution in [0.4, 0.5) is 24.5 Å². The van der Waals surface area contributed by atoms with Crippen molar-refractivity contribution in [2.45, 2.75) is 12.6 Å². The highest BCUT2D eigenvalue weighted by Gasteiger charge is 2.30. The maximum atomic E-state index is 13.1. The number of amides is 1. The molecule has 0 aliphatic carbocycles. The van der Waals surface area contributed by atoms with E-state index in [2.05, 4.69) is 5.32 Å². The molecule has 1 N–H and O–H groups in total. The molecule has 0 saturated carbocycles. The van der Waals surface area contributed by atoms with Crippen LogP contribution in [0.1, 0.15) is 22.3 Å². The van der Waals surface area contributed by atoms with E-state index in [0.29, 0.717) is 30.8 Å². The molecule has 10 heteroatoms. The minimum atomic E-state index is -4.47. The van der Waals surface area contributed by atoms with E-state index in [0.717, 1.165) is 18.4 Å². The first-order chi connectivity index (χ1) is 14.1. The predicted octanol–water partition coefficient (Wildman–Crippen LogP) is 3.56. The lowest BCUT2D eigenvalue weighted by Gasteiger charge is -2.22. The van der Waals surface area contributed by atoms with Gasteiger partial charge in [-0.05, 0) is 36.8 Å². The number of sulfonamides is 1. The van der Waals surface area contributed by atoms with Crippen LogP contribution >= 0.6 is 0 Å². The summed E-state index contributed by atoms with van der Waals surface area (Å²) < 4.78 is 63.8. The molecule has 1 heterocycles. The van der Waals surface area contributed by atoms with Crippen LogP contribution in [-0.2, 0) is 16.2 Å². The highest BCUT2D eigenvalue weighted by Crippen LogP contribution is 2.32. The van der Waals surface area contributed by atoms with Crippen molar-refractivity contribution >= 4 is 27.3 Å². The van der Waals surface area contributed by atoms with Crippen molar-refractivity contribution in [1.82, 2.24) is 9.21 Å². The quantitative estimate of drug-likeness (QED) is 0.788. The van der Waals surface area contributed by atoms with Gasteiger partial charge in [0.2, 0.25) is 10.0 Å². The van der Waals surface area contributed by atoms with Crippen LogP contribution in [0.2, 0.25) is 0 Å². The summed E-state index contributed by atoms with van der Waals surface area (Å²) in [6, 6.07) is 11.3. The fourth-order valence-electron chi connectivity index (χ4n) is 3.31. The third-order valence-electron chi connectivity index (χ3n) is 4.84. The van der Waals surface area contributed by atoms with Gasteiger partial charge in [0.15, 0.2) is 0 Å². The first kappa shape index (κ1) is 22.1. The number of nitrogens with zero attached hydrogens (tertiary/aromatic N) is 2. The Labute approximate surface area is 173 Å². The van der Waals surface area contributed by atoms with Gasteiger partial charge in [0, 0.05) is 31.9 Å². The SMILES string of the molecule is CS(=O)(=O)N1CCCN(C(=O)c2ccccc2Nc2cccc(C(F)(F)F)c2)CC1. The molecule has 0 unspecified atom stereocenters. The molecule has 0 spiro atoms. The second-order valence-corrected chi connectivity index (χ2v) is 9.04. The Morgan fingerprint density at radius 1 is 1.00 bits per heavy atom. The fourth-order valence-corrected chi connectivity index (χ4v) is 4.18. The van der Waals surface area contributed by atoms with Gasteiger partial charge >= 0.3 is 6.18 Å². The van der Waals surface area contributed by atoms with Crippen molar-refractivity contribution in [2.24, 2.45) is 0 Å². The number of rotatable bonds is 4. The Morgan fingerprint density at radius 2 is 1.73 bits per heavy atom. The molecule has 1 aliphatic rings. The largest absolute Gasteiger partial charge is 0.416 e. The Kier molecular flexibility index (Phi) is 6.37. The smallest absolute Gasteiger partial charge is 0.355 e. The Bertz CT molecular complexity index is 1030. The zero-order valence-corrected chi connectivity index (χ0v) is 17.1. The summed E-state index contributed by atoms with van der Waals surface area (Å²) in [5.74, 6) is -0.305. The van der Waals surface area contributed by atoms with Crippen LogP contribution in [0.5, 0.6) is 0 Å². The molecular formula is C20H22F3N3O3S. The molecule has 0 radical (unpaired) electrons. The molecule has 0 bridgehead atoms. The highest BCUT2D eigenvalue weighted by atomic mass is 32.2. The highest BCUT2D eigenvalue weighted by molar-refractivity contribution is 7.88. The zero-order valence-electron chi connectivity index (χ0n) is 16.3. The number of benzene rings is 2. The number of nitrogens with one attached hydrogen (secondary N) is 1. The molecule has 0 aromatic heterocycles. The summed E-state index contributed by atoms with van der Waals surface area (Å²) >= 11 is 0. The topological polar surface area (TPSA) is 69.7 Å². The first-order valence-corrected chi connectivity index (χ1v) is 11.2. The lowest BCUT2D eigenvalue weighted by molar-refractivity contribution is -0.137. The standard InChI is InChI=1S/C20H22F3N3O3S/c1-30(28,29)26-11-5-10-25(12-13-26)19(27)17-8-2-3-9-18(17)24-16-7-4-6-15(14-16)20(21,22)23/h2-4,6-9,14,24H,5,10-13H2,1H3. The number of alkyl halides is 3. The number of carbonyl (C=O) groups excluding carboxylic acids is 1. The summed E-state index contributed by atoms with van der Waals surface area (Å²) in [4.78, 5) is 14.7. The van der Waals surface area contributed by atoms with E-state index >= 15 is 0 Å². The van der Waals surface area contributed by atoms with Gasteiger partial charge in [0.1, 0.15) is 0 Å². The maximum Gasteiger partial charge on any atom is 0.416 e. The van der Waals surface area contributed by atoms with Crippen molar-refractivity contribution in [3.63, 3.8) is 0 Å². The Hall–Kier alpha value is -2.59. The molecule has 1 amide bonds. The molecule has 3 rings (SSSR count). The molecule has 2 aromatic rings. The Balaban J connectivity index is 1.81. The van der Waals surface area contributed by atoms with Crippen LogP contribution in [0.3, 0.4) is 0 Å². The normalized spacial score (nSPS) is 16.2. The lowest BCUT2D eigenvalue weighted by atomic mass is 10.1. The molecule has 1 saturated heterocycles. The lowest BCUT2D eigenvalue weighted by Crippen LogP contribution is -2.37. The van der Waals surface area contributed by atoms with Crippen molar-refractivity contribution in [2.75, 3.05) is 37.8 Å². The van der Waals surface area contributed by atoms with E-state index in [9.17, 15) is 26.4 Å². The zero-order chi connectivity index (χ0) is 21.9. The van der Waals surface area contributed by atoms with Crippen molar-refractivity contribution in [3.05, 3.63) is 59.7 Å². The van der Waals surface area contributed by atoms with Crippen LogP contribution in [0, 0.1) is 0 Å². The summed E-state index contributed by atoms with van der Waals surface area (Å²) in [7, 11) is -3.34. The molecule has 162 valence electrons. The van der Waals surface area contributed by atoms with Crippen molar-refractivity contribution in [1.29, 1.82) is 0 Å². The predicted molar refractivity (Wildman–Crippen MR) is 108 cm³/mol. The number of hydrogen-bond acceptors (Lipinski definition) is 4. The van der Waals surface area contributed by atoms with Gasteiger partial charge in [-0.1, -0.05) is 18.2 Å². The van der Waals surface area contributed by atoms with Crippen molar-refractivity contribution < 1.29 is 26.4 Å². The minimum absolute atomic E-state index is 0.202. The van der Waals surface area contributed by atoms with Gasteiger partial charge in [0.05, 0.1) is 23.1 Å². The maximum absolute atomic E-state index is 13.1. The van der Waals surface area contributed by atoms with Gasteiger partial charge in [-0.15, -0.1) is 0 Å². The molecule has 6 nitrogen and oxygen atoms in total. The average molecular weight is 441 g/mol. The molecule has 0 atom stereocenters. The number of para-hydroxylation sites is 1. The summed E-state index contributed by atoms with van der Waals surface area (Å²) in [5.41, 5.74) is 0.114. The number of anilines is 2. The van der Waals surface area contributed by atoms with Crippen LogP contribution in [0.25, 0.3) is 0 Å². The van der Waals surface area contributed by atoms with E-state index in [-0.39, 0.29) is 24.7 Å². The summed E-state index contributed by atoms with van der Waals surface area (Å²) in [6.45, 7) is 1.17. The molecule has 1 aliphatic heterocycles. The third-order valence-corrected chi connectivity index (χ3v) is 6.14. The summed E-state index contributed by atoms with van der Waals surface area (Å²) in [5, 5.41) is 2.90. The van der Waals surface area contributed by atoms with Crippen LogP contribution in [0.15, 0.2) is 48.5 Å². The minimum Gasteiger partial charge on any atom is -0.355 e. The molecular weight excluding hydrogens is 419 g/mol. The number of hydrogen-bond donors (Lipinski definition) is 1. The molecule has 1 fully saturated rings. The van der Waals surface area contributed by atoms with Gasteiger partial charge in [-0.2, -0.15) is 13.2 Å². The Morgan fingerprint density at radius 3 is 2.43 bits per heavy atom. The second kappa shape index (κ2) is 8.65. The molecule has 2 aromatic carbocycles. The first-order valence-electron chi connectivity index (χ1n) is 9.33. The second-order valence-electron chi connectivity index (χ2n) is 7.06. The van der Waals surface area contributed by atoms with E-state index < -0.39 is 21.8 Å². The number of halogens is 3. The average Bonchev–Trinajstić information content (AvgIpc) is 2.94. The van der Waals surface area contributed by atoms with Crippen LogP contribution < -0.4 is 5.32 Å². The third kappa shape index (κ3) is 5.31. The van der Waals surface area contributed by atoms with Crippen molar-refractivity contribution in [3.8, 4) is 0 Å².